The Morgan fingerprint density at radius 3 is 3.00 bits per heavy atom. The summed E-state index contributed by atoms with van der Waals surface area (Å²) in [5.41, 5.74) is 3.90. The standard InChI is InChI=1S/C19H18N6O2/c1-3-16(26)23-13-5-4-6-14(7-13)27-17-10-21-19-18(24-17)15(9-20-19)12-8-22-25(2)11-12/h4-11H,3H2,1-2H3,(H,20,21)(H,23,26). The zero-order valence-electron chi connectivity index (χ0n) is 14.9. The van der Waals surface area contributed by atoms with Crippen LogP contribution in [-0.2, 0) is 11.8 Å². The monoisotopic (exact) mass is 362 g/mol. The number of hydrogen-bond acceptors (Lipinski definition) is 5. The van der Waals surface area contributed by atoms with Crippen molar-refractivity contribution >= 4 is 22.8 Å². The fraction of sp³-hybridized carbons (Fsp3) is 0.158. The zero-order chi connectivity index (χ0) is 18.8. The molecule has 3 heterocycles. The maximum atomic E-state index is 11.6. The van der Waals surface area contributed by atoms with Crippen LogP contribution in [0.4, 0.5) is 5.69 Å². The number of aromatic nitrogens is 5. The van der Waals surface area contributed by atoms with E-state index in [9.17, 15) is 4.79 Å². The second-order valence-electron chi connectivity index (χ2n) is 6.04. The van der Waals surface area contributed by atoms with Gasteiger partial charge in [0.2, 0.25) is 11.8 Å². The van der Waals surface area contributed by atoms with Crippen LogP contribution in [0.5, 0.6) is 11.6 Å². The molecule has 0 atom stereocenters. The van der Waals surface area contributed by atoms with Gasteiger partial charge in [0.25, 0.3) is 0 Å². The van der Waals surface area contributed by atoms with Gasteiger partial charge in [-0.15, -0.1) is 0 Å². The molecule has 1 aromatic carbocycles. The lowest BCUT2D eigenvalue weighted by Crippen LogP contribution is -2.09. The van der Waals surface area contributed by atoms with Crippen LogP contribution in [0.25, 0.3) is 22.3 Å². The maximum Gasteiger partial charge on any atom is 0.238 e. The van der Waals surface area contributed by atoms with E-state index in [0.717, 1.165) is 11.1 Å². The lowest BCUT2D eigenvalue weighted by molar-refractivity contribution is -0.115. The van der Waals surface area contributed by atoms with E-state index in [1.807, 2.05) is 31.6 Å². The Morgan fingerprint density at radius 2 is 2.22 bits per heavy atom. The molecule has 8 heteroatoms. The Kier molecular flexibility index (Phi) is 4.29. The van der Waals surface area contributed by atoms with Crippen LogP contribution >= 0.6 is 0 Å². The Hall–Kier alpha value is -3.68. The Bertz CT molecular complexity index is 1110. The van der Waals surface area contributed by atoms with E-state index < -0.39 is 0 Å². The summed E-state index contributed by atoms with van der Waals surface area (Å²) in [4.78, 5) is 23.6. The average molecular weight is 362 g/mol. The summed E-state index contributed by atoms with van der Waals surface area (Å²) in [6.45, 7) is 1.80. The van der Waals surface area contributed by atoms with Crippen molar-refractivity contribution in [3.8, 4) is 22.8 Å². The lowest BCUT2D eigenvalue weighted by Gasteiger charge is -2.08. The van der Waals surface area contributed by atoms with E-state index in [1.54, 1.807) is 36.1 Å². The molecule has 0 aliphatic carbocycles. The van der Waals surface area contributed by atoms with Crippen LogP contribution in [0, 0.1) is 0 Å². The summed E-state index contributed by atoms with van der Waals surface area (Å²) in [7, 11) is 1.86. The van der Waals surface area contributed by atoms with Crippen molar-refractivity contribution in [2.45, 2.75) is 13.3 Å². The molecule has 4 rings (SSSR count). The molecule has 0 spiro atoms. The summed E-state index contributed by atoms with van der Waals surface area (Å²) in [5.74, 6) is 0.879. The van der Waals surface area contributed by atoms with Crippen LogP contribution in [-0.4, -0.2) is 30.6 Å². The number of H-pyrrole nitrogens is 1. The smallest absolute Gasteiger partial charge is 0.238 e. The normalized spacial score (nSPS) is 10.9. The highest BCUT2D eigenvalue weighted by molar-refractivity contribution is 5.91. The number of aryl methyl sites for hydroxylation is 1. The molecule has 1 amide bonds. The second-order valence-corrected chi connectivity index (χ2v) is 6.04. The molecule has 0 unspecified atom stereocenters. The predicted octanol–water partition coefficient (Wildman–Crippen LogP) is 3.50. The van der Waals surface area contributed by atoms with Gasteiger partial charge in [0.05, 0.1) is 12.4 Å². The highest BCUT2D eigenvalue weighted by atomic mass is 16.5. The Balaban J connectivity index is 1.63. The molecule has 0 saturated carbocycles. The molecule has 2 N–H and O–H groups in total. The molecule has 0 bridgehead atoms. The molecule has 0 radical (unpaired) electrons. The van der Waals surface area contributed by atoms with Gasteiger partial charge in [-0.3, -0.25) is 9.48 Å². The molecule has 27 heavy (non-hydrogen) atoms. The minimum Gasteiger partial charge on any atom is -0.437 e. The predicted molar refractivity (Wildman–Crippen MR) is 102 cm³/mol. The molecule has 136 valence electrons. The van der Waals surface area contributed by atoms with Crippen LogP contribution < -0.4 is 10.1 Å². The van der Waals surface area contributed by atoms with Gasteiger partial charge in [-0.1, -0.05) is 13.0 Å². The van der Waals surface area contributed by atoms with Gasteiger partial charge in [0.15, 0.2) is 5.65 Å². The van der Waals surface area contributed by atoms with Crippen molar-refractivity contribution in [1.82, 2.24) is 24.7 Å². The number of nitrogens with zero attached hydrogens (tertiary/aromatic N) is 4. The molecule has 0 aliphatic heterocycles. The van der Waals surface area contributed by atoms with Crippen molar-refractivity contribution in [3.63, 3.8) is 0 Å². The van der Waals surface area contributed by atoms with Gasteiger partial charge in [0, 0.05) is 48.7 Å². The van der Waals surface area contributed by atoms with Crippen molar-refractivity contribution in [2.24, 2.45) is 7.05 Å². The quantitative estimate of drug-likeness (QED) is 0.566. The number of carbonyl (C=O) groups is 1. The maximum absolute atomic E-state index is 11.6. The van der Waals surface area contributed by atoms with Gasteiger partial charge < -0.3 is 15.0 Å². The van der Waals surface area contributed by atoms with E-state index in [-0.39, 0.29) is 5.91 Å². The van der Waals surface area contributed by atoms with Gasteiger partial charge in [0.1, 0.15) is 11.3 Å². The number of anilines is 1. The average Bonchev–Trinajstić information content (AvgIpc) is 3.27. The molecular weight excluding hydrogens is 344 g/mol. The van der Waals surface area contributed by atoms with Crippen LogP contribution in [0.1, 0.15) is 13.3 Å². The molecule has 3 aromatic heterocycles. The molecular formula is C19H18N6O2. The molecule has 0 saturated heterocycles. The summed E-state index contributed by atoms with van der Waals surface area (Å²) >= 11 is 0. The van der Waals surface area contributed by atoms with E-state index >= 15 is 0 Å². The van der Waals surface area contributed by atoms with Crippen molar-refractivity contribution < 1.29 is 9.53 Å². The number of hydrogen-bond donors (Lipinski definition) is 2. The second kappa shape index (κ2) is 6.91. The number of rotatable bonds is 5. The summed E-state index contributed by atoms with van der Waals surface area (Å²) in [5, 5.41) is 7.01. The van der Waals surface area contributed by atoms with Crippen molar-refractivity contribution in [2.75, 3.05) is 5.32 Å². The van der Waals surface area contributed by atoms with E-state index in [1.165, 1.54) is 0 Å². The van der Waals surface area contributed by atoms with Crippen LogP contribution in [0.3, 0.4) is 0 Å². The fourth-order valence-electron chi connectivity index (χ4n) is 2.71. The number of aromatic amines is 1. The SMILES string of the molecule is CCC(=O)Nc1cccc(Oc2cnc3[nH]cc(-c4cnn(C)c4)c3n2)c1. The van der Waals surface area contributed by atoms with E-state index in [4.69, 9.17) is 4.74 Å². The minimum atomic E-state index is -0.0539. The summed E-state index contributed by atoms with van der Waals surface area (Å²) in [6.07, 6.45) is 7.52. The molecule has 0 fully saturated rings. The Labute approximate surface area is 155 Å². The highest BCUT2D eigenvalue weighted by Gasteiger charge is 2.12. The van der Waals surface area contributed by atoms with E-state index in [2.05, 4.69) is 25.4 Å². The van der Waals surface area contributed by atoms with Crippen molar-refractivity contribution in [3.05, 3.63) is 49.1 Å². The van der Waals surface area contributed by atoms with Gasteiger partial charge >= 0.3 is 0 Å². The lowest BCUT2D eigenvalue weighted by atomic mass is 10.2. The first-order valence-corrected chi connectivity index (χ1v) is 8.53. The van der Waals surface area contributed by atoms with Crippen LogP contribution in [0.2, 0.25) is 0 Å². The first-order valence-electron chi connectivity index (χ1n) is 8.53. The third-order valence-electron chi connectivity index (χ3n) is 4.04. The number of nitrogens with one attached hydrogen (secondary N) is 2. The van der Waals surface area contributed by atoms with Crippen LogP contribution in [0.15, 0.2) is 49.1 Å². The van der Waals surface area contributed by atoms with Gasteiger partial charge in [-0.05, 0) is 12.1 Å². The third-order valence-corrected chi connectivity index (χ3v) is 4.04. The number of amides is 1. The topological polar surface area (TPSA) is 97.7 Å². The number of carbonyl (C=O) groups excluding carboxylic acids is 1. The first kappa shape index (κ1) is 16.8. The van der Waals surface area contributed by atoms with Gasteiger partial charge in [-0.2, -0.15) is 5.10 Å². The van der Waals surface area contributed by atoms with E-state index in [0.29, 0.717) is 34.9 Å². The number of ether oxygens (including phenoxy) is 1. The first-order chi connectivity index (χ1) is 13.1. The number of benzene rings is 1. The molecule has 4 aromatic rings. The van der Waals surface area contributed by atoms with Crippen molar-refractivity contribution in [1.29, 1.82) is 0 Å². The zero-order valence-corrected chi connectivity index (χ0v) is 14.9. The molecule has 8 nitrogen and oxygen atoms in total. The number of fused-ring (bicyclic) bond motifs is 1. The van der Waals surface area contributed by atoms with Gasteiger partial charge in [-0.25, -0.2) is 9.97 Å². The largest absolute Gasteiger partial charge is 0.437 e. The third kappa shape index (κ3) is 3.50. The summed E-state index contributed by atoms with van der Waals surface area (Å²) < 4.78 is 7.58. The molecule has 0 aliphatic rings. The summed E-state index contributed by atoms with van der Waals surface area (Å²) in [6, 6.07) is 7.16. The minimum absolute atomic E-state index is 0.0539. The highest BCUT2D eigenvalue weighted by Crippen LogP contribution is 2.29. The Morgan fingerprint density at radius 1 is 1.33 bits per heavy atom. The fourth-order valence-corrected chi connectivity index (χ4v) is 2.71.